The van der Waals surface area contributed by atoms with E-state index in [0.29, 0.717) is 12.5 Å². The lowest BCUT2D eigenvalue weighted by atomic mass is 10.7. The van der Waals surface area contributed by atoms with Crippen LogP contribution in [0.4, 0.5) is 0 Å². The van der Waals surface area contributed by atoms with Gasteiger partial charge in [0.1, 0.15) is 0 Å². The molecule has 4 heteroatoms. The highest BCUT2D eigenvalue weighted by atomic mass is 79.9. The zero-order chi connectivity index (χ0) is 7.98. The van der Waals surface area contributed by atoms with Crippen LogP contribution in [0.1, 0.15) is 20.8 Å². The van der Waals surface area contributed by atoms with E-state index < -0.39 is 0 Å². The Morgan fingerprint density at radius 3 is 2.70 bits per heavy atom. The molecule has 60 valence electrons. The summed E-state index contributed by atoms with van der Waals surface area (Å²) in [5.41, 5.74) is 0. The Bertz CT molecular complexity index is 114. The second kappa shape index (κ2) is 5.53. The topological polar surface area (TPSA) is 30.8 Å². The number of alkyl halides is 1. The van der Waals surface area contributed by atoms with E-state index >= 15 is 0 Å². The predicted molar refractivity (Wildman–Crippen MR) is 44.2 cm³/mol. The highest BCUT2D eigenvalue weighted by molar-refractivity contribution is 9.09. The minimum Gasteiger partial charge on any atom is -0.479 e. The van der Waals surface area contributed by atoms with Crippen molar-refractivity contribution in [2.24, 2.45) is 5.16 Å². The van der Waals surface area contributed by atoms with E-state index in [9.17, 15) is 0 Å². The zero-order valence-electron chi connectivity index (χ0n) is 6.43. The standard InChI is InChI=1S/C6H12BrNO2/c1-4-9-6(3)8-10-5(2)7/h5H,4H2,1-3H3. The molecule has 1 atom stereocenters. The van der Waals surface area contributed by atoms with Crippen molar-refractivity contribution in [2.75, 3.05) is 6.61 Å². The van der Waals surface area contributed by atoms with Crippen LogP contribution in [0.25, 0.3) is 0 Å². The summed E-state index contributed by atoms with van der Waals surface area (Å²) in [6.07, 6.45) is 0. The van der Waals surface area contributed by atoms with Crippen molar-refractivity contribution >= 4 is 21.8 Å². The van der Waals surface area contributed by atoms with Crippen LogP contribution in [-0.4, -0.2) is 17.5 Å². The van der Waals surface area contributed by atoms with Crippen LogP contribution < -0.4 is 0 Å². The average molecular weight is 210 g/mol. The van der Waals surface area contributed by atoms with Crippen molar-refractivity contribution in [3.8, 4) is 0 Å². The number of halogens is 1. The van der Waals surface area contributed by atoms with E-state index in [2.05, 4.69) is 21.1 Å². The molecule has 0 fully saturated rings. The smallest absolute Gasteiger partial charge is 0.222 e. The van der Waals surface area contributed by atoms with Crippen LogP contribution >= 0.6 is 15.9 Å². The van der Waals surface area contributed by atoms with E-state index in [4.69, 9.17) is 9.57 Å². The first-order valence-electron chi connectivity index (χ1n) is 3.14. The van der Waals surface area contributed by atoms with Gasteiger partial charge in [0, 0.05) is 6.92 Å². The summed E-state index contributed by atoms with van der Waals surface area (Å²) in [4.78, 5) is 4.84. The van der Waals surface area contributed by atoms with Crippen LogP contribution in [0.2, 0.25) is 0 Å². The third kappa shape index (κ3) is 5.88. The molecule has 0 saturated heterocycles. The van der Waals surface area contributed by atoms with Gasteiger partial charge >= 0.3 is 0 Å². The molecule has 0 bridgehead atoms. The summed E-state index contributed by atoms with van der Waals surface area (Å²) in [6, 6.07) is 0. The van der Waals surface area contributed by atoms with Gasteiger partial charge < -0.3 is 9.57 Å². The van der Waals surface area contributed by atoms with Crippen LogP contribution in [0, 0.1) is 0 Å². The van der Waals surface area contributed by atoms with Gasteiger partial charge in [-0.3, -0.25) is 0 Å². The number of nitrogens with zero attached hydrogens (tertiary/aromatic N) is 1. The maximum absolute atomic E-state index is 5.00. The molecular weight excluding hydrogens is 198 g/mol. The van der Waals surface area contributed by atoms with Gasteiger partial charge in [-0.05, 0) is 29.8 Å². The van der Waals surface area contributed by atoms with Gasteiger partial charge in [0.25, 0.3) is 0 Å². The molecule has 0 saturated carbocycles. The van der Waals surface area contributed by atoms with Crippen LogP contribution in [-0.2, 0) is 9.57 Å². The normalized spacial score (nSPS) is 14.6. The van der Waals surface area contributed by atoms with Gasteiger partial charge in [0.15, 0.2) is 5.01 Å². The van der Waals surface area contributed by atoms with Gasteiger partial charge in [-0.15, -0.1) is 0 Å². The highest BCUT2D eigenvalue weighted by Crippen LogP contribution is 1.99. The molecule has 0 aliphatic carbocycles. The maximum Gasteiger partial charge on any atom is 0.222 e. The largest absolute Gasteiger partial charge is 0.479 e. The van der Waals surface area contributed by atoms with Crippen molar-refractivity contribution in [3.05, 3.63) is 0 Å². The third-order valence-electron chi connectivity index (χ3n) is 0.680. The maximum atomic E-state index is 5.00. The monoisotopic (exact) mass is 209 g/mol. The van der Waals surface area contributed by atoms with Crippen LogP contribution in [0.3, 0.4) is 0 Å². The summed E-state index contributed by atoms with van der Waals surface area (Å²) >= 11 is 3.17. The molecule has 0 aromatic carbocycles. The number of rotatable bonds is 3. The lowest BCUT2D eigenvalue weighted by Gasteiger charge is -2.02. The first-order valence-corrected chi connectivity index (χ1v) is 4.05. The number of ether oxygens (including phenoxy) is 1. The van der Waals surface area contributed by atoms with Gasteiger partial charge in [0.2, 0.25) is 5.90 Å². The summed E-state index contributed by atoms with van der Waals surface area (Å²) < 4.78 is 5.00. The molecule has 0 radical (unpaired) electrons. The van der Waals surface area contributed by atoms with Gasteiger partial charge in [-0.25, -0.2) is 0 Å². The Morgan fingerprint density at radius 1 is 1.70 bits per heavy atom. The molecule has 0 aliphatic rings. The second-order valence-corrected chi connectivity index (χ2v) is 2.98. The van der Waals surface area contributed by atoms with Crippen LogP contribution in [0.5, 0.6) is 0 Å². The molecule has 0 heterocycles. The average Bonchev–Trinajstić information content (AvgIpc) is 1.85. The Kier molecular flexibility index (Phi) is 5.39. The SMILES string of the molecule is CCOC(C)=NOC(C)Br. The fourth-order valence-corrected chi connectivity index (χ4v) is 0.466. The zero-order valence-corrected chi connectivity index (χ0v) is 8.01. The third-order valence-corrected chi connectivity index (χ3v) is 0.847. The Labute approximate surface area is 69.5 Å². The molecule has 0 aliphatic heterocycles. The molecule has 0 spiro atoms. The van der Waals surface area contributed by atoms with Gasteiger partial charge in [0.05, 0.1) is 6.61 Å². The molecule has 3 nitrogen and oxygen atoms in total. The molecule has 10 heavy (non-hydrogen) atoms. The molecule has 1 unspecified atom stereocenters. The number of hydrogen-bond donors (Lipinski definition) is 0. The van der Waals surface area contributed by atoms with Crippen molar-refractivity contribution in [1.29, 1.82) is 0 Å². The molecule has 0 aromatic rings. The van der Waals surface area contributed by atoms with Gasteiger partial charge in [-0.1, -0.05) is 5.16 Å². The molecule has 0 aromatic heterocycles. The Morgan fingerprint density at radius 2 is 2.30 bits per heavy atom. The molecule has 0 amide bonds. The summed E-state index contributed by atoms with van der Waals surface area (Å²) in [6.45, 7) is 6.10. The second-order valence-electron chi connectivity index (χ2n) is 1.69. The van der Waals surface area contributed by atoms with E-state index in [1.165, 1.54) is 0 Å². The van der Waals surface area contributed by atoms with E-state index in [0.717, 1.165) is 0 Å². The van der Waals surface area contributed by atoms with Crippen LogP contribution in [0.15, 0.2) is 5.16 Å². The van der Waals surface area contributed by atoms with Crippen molar-refractivity contribution in [3.63, 3.8) is 0 Å². The minimum atomic E-state index is -0.0668. The Balaban J connectivity index is 3.47. The summed E-state index contributed by atoms with van der Waals surface area (Å²) in [5.74, 6) is 0.550. The highest BCUT2D eigenvalue weighted by Gasteiger charge is 1.93. The molecule has 0 N–H and O–H groups in total. The first-order chi connectivity index (χ1) is 4.66. The van der Waals surface area contributed by atoms with Crippen molar-refractivity contribution in [1.82, 2.24) is 0 Å². The molecule has 0 rings (SSSR count). The quantitative estimate of drug-likeness (QED) is 0.309. The fourth-order valence-electron chi connectivity index (χ4n) is 0.382. The van der Waals surface area contributed by atoms with Crippen molar-refractivity contribution < 1.29 is 9.57 Å². The Hall–Kier alpha value is -0.250. The van der Waals surface area contributed by atoms with E-state index in [1.807, 2.05) is 13.8 Å². The first kappa shape index (κ1) is 9.75. The summed E-state index contributed by atoms with van der Waals surface area (Å²) in [5, 5.41) is 3.59. The minimum absolute atomic E-state index is 0.0668. The molecular formula is C6H12BrNO2. The number of oxime groups is 1. The lowest BCUT2D eigenvalue weighted by Crippen LogP contribution is -2.01. The predicted octanol–water partition coefficient (Wildman–Crippen LogP) is 2.11. The fraction of sp³-hybridized carbons (Fsp3) is 0.833. The summed E-state index contributed by atoms with van der Waals surface area (Å²) in [7, 11) is 0. The number of hydrogen-bond acceptors (Lipinski definition) is 3. The van der Waals surface area contributed by atoms with E-state index in [-0.39, 0.29) is 5.01 Å². The van der Waals surface area contributed by atoms with Crippen molar-refractivity contribution in [2.45, 2.75) is 25.8 Å². The van der Waals surface area contributed by atoms with E-state index in [1.54, 1.807) is 6.92 Å². The lowest BCUT2D eigenvalue weighted by molar-refractivity contribution is 0.127. The van der Waals surface area contributed by atoms with Gasteiger partial charge in [-0.2, -0.15) is 0 Å².